The molecule has 0 bridgehead atoms. The van der Waals surface area contributed by atoms with Gasteiger partial charge < -0.3 is 20.8 Å². The summed E-state index contributed by atoms with van der Waals surface area (Å²) in [5, 5.41) is 38.1. The number of fused-ring (bicyclic) bond motifs is 1. The topological polar surface area (TPSA) is 163 Å². The van der Waals surface area contributed by atoms with Gasteiger partial charge in [-0.2, -0.15) is 5.10 Å². The number of nitrogens with one attached hydrogen (secondary N) is 2. The highest BCUT2D eigenvalue weighted by atomic mass is 16.4. The third kappa shape index (κ3) is 4.37. The Hall–Kier alpha value is -5.05. The molecular formula is C24H21N7O5. The van der Waals surface area contributed by atoms with E-state index >= 15 is 0 Å². The summed E-state index contributed by atoms with van der Waals surface area (Å²) in [6.45, 7) is 12.3. The molecule has 0 atom stereocenters. The highest BCUT2D eigenvalue weighted by Crippen LogP contribution is 2.50. The van der Waals surface area contributed by atoms with E-state index in [1.165, 1.54) is 42.1 Å². The van der Waals surface area contributed by atoms with Gasteiger partial charge in [0.15, 0.2) is 5.82 Å². The van der Waals surface area contributed by atoms with Crippen LogP contribution < -0.4 is 10.6 Å². The minimum absolute atomic E-state index is 0.0211. The number of rotatable bonds is 5. The van der Waals surface area contributed by atoms with Gasteiger partial charge in [-0.1, -0.05) is 19.9 Å². The Bertz CT molecular complexity index is 1500. The maximum atomic E-state index is 12.4. The van der Waals surface area contributed by atoms with Crippen molar-refractivity contribution in [3.63, 3.8) is 0 Å². The highest BCUT2D eigenvalue weighted by molar-refractivity contribution is 6.02. The van der Waals surface area contributed by atoms with Gasteiger partial charge in [-0.25, -0.2) is 14.3 Å². The number of hydrogen-bond acceptors (Lipinski definition) is 7. The number of carboxylic acid groups (broad SMARTS) is 1. The van der Waals surface area contributed by atoms with Crippen molar-refractivity contribution in [1.29, 1.82) is 0 Å². The molecular weight excluding hydrogens is 466 g/mol. The number of aromatic hydroxyl groups is 1. The van der Waals surface area contributed by atoms with E-state index < -0.39 is 17.3 Å². The van der Waals surface area contributed by atoms with Crippen LogP contribution in [0.15, 0.2) is 46.8 Å². The fourth-order valence-corrected chi connectivity index (χ4v) is 4.05. The highest BCUT2D eigenvalue weighted by Gasteiger charge is 2.37. The SMILES string of the molecule is [C-]#[N+]c1cnn(-c2cccc(C(=O)O)c2)c1N=Nc1cc(NC(C)=O)c(O)c2c1NC(=O)CC2(C)C. The Morgan fingerprint density at radius 2 is 2.03 bits per heavy atom. The van der Waals surface area contributed by atoms with Crippen LogP contribution in [0.3, 0.4) is 0 Å². The lowest BCUT2D eigenvalue weighted by atomic mass is 9.76. The third-order valence-corrected chi connectivity index (χ3v) is 5.57. The Balaban J connectivity index is 1.89. The van der Waals surface area contributed by atoms with E-state index in [-0.39, 0.29) is 52.2 Å². The summed E-state index contributed by atoms with van der Waals surface area (Å²) >= 11 is 0. The summed E-state index contributed by atoms with van der Waals surface area (Å²) in [5.41, 5.74) is 0.487. The van der Waals surface area contributed by atoms with Gasteiger partial charge in [0.25, 0.3) is 5.69 Å². The van der Waals surface area contributed by atoms with Crippen molar-refractivity contribution >= 4 is 46.4 Å². The lowest BCUT2D eigenvalue weighted by Crippen LogP contribution is -2.32. The molecule has 1 aromatic heterocycles. The standard InChI is InChI=1S/C24H21N7O5/c1-12(32)27-16-9-15(20-19(21(16)34)24(2,3)10-18(33)28-20)29-30-22-17(25-4)11-26-31(22)14-7-5-6-13(8-14)23(35)36/h5-9,11,34H,10H2,1-3H3,(H,27,32)(H,28,33)(H,35,36). The van der Waals surface area contributed by atoms with E-state index in [9.17, 15) is 24.6 Å². The Morgan fingerprint density at radius 3 is 2.69 bits per heavy atom. The van der Waals surface area contributed by atoms with Gasteiger partial charge in [0, 0.05) is 24.3 Å². The number of carbonyl (C=O) groups excluding carboxylic acids is 2. The fraction of sp³-hybridized carbons (Fsp3) is 0.208. The maximum absolute atomic E-state index is 12.4. The number of nitrogens with zero attached hydrogens (tertiary/aromatic N) is 5. The number of phenols is 1. The number of carbonyl (C=O) groups is 3. The number of amides is 2. The molecule has 0 spiro atoms. The normalized spacial score (nSPS) is 14.1. The molecule has 0 aliphatic carbocycles. The van der Waals surface area contributed by atoms with E-state index in [0.29, 0.717) is 11.3 Å². The van der Waals surface area contributed by atoms with Crippen LogP contribution in [0, 0.1) is 6.57 Å². The predicted molar refractivity (Wildman–Crippen MR) is 130 cm³/mol. The molecule has 0 fully saturated rings. The number of phenolic OH excluding ortho intramolecular Hbond substituents is 1. The number of azo groups is 1. The molecule has 0 radical (unpaired) electrons. The average molecular weight is 487 g/mol. The van der Waals surface area contributed by atoms with Gasteiger partial charge in [0.05, 0.1) is 35.4 Å². The molecule has 2 aromatic carbocycles. The van der Waals surface area contributed by atoms with Gasteiger partial charge in [0.2, 0.25) is 11.8 Å². The molecule has 2 amide bonds. The quantitative estimate of drug-likeness (QED) is 0.229. The minimum Gasteiger partial charge on any atom is -0.505 e. The van der Waals surface area contributed by atoms with Crippen molar-refractivity contribution in [2.45, 2.75) is 32.6 Å². The zero-order chi connectivity index (χ0) is 26.2. The summed E-state index contributed by atoms with van der Waals surface area (Å²) in [6, 6.07) is 7.30. The van der Waals surface area contributed by atoms with Crippen molar-refractivity contribution in [2.75, 3.05) is 10.6 Å². The van der Waals surface area contributed by atoms with Crippen molar-refractivity contribution in [3.8, 4) is 11.4 Å². The second-order valence-electron chi connectivity index (χ2n) is 8.76. The van der Waals surface area contributed by atoms with Crippen LogP contribution in [0.1, 0.15) is 43.1 Å². The maximum Gasteiger partial charge on any atom is 0.335 e. The summed E-state index contributed by atoms with van der Waals surface area (Å²) in [6.07, 6.45) is 1.37. The van der Waals surface area contributed by atoms with Crippen molar-refractivity contribution < 1.29 is 24.6 Å². The molecule has 0 saturated carbocycles. The Labute approximate surface area is 205 Å². The first kappa shape index (κ1) is 24.1. The number of aromatic carboxylic acids is 1. The van der Waals surface area contributed by atoms with Crippen LogP contribution in [0.2, 0.25) is 0 Å². The molecule has 0 unspecified atom stereocenters. The van der Waals surface area contributed by atoms with E-state index in [2.05, 4.69) is 30.8 Å². The van der Waals surface area contributed by atoms with Crippen molar-refractivity contribution in [2.24, 2.45) is 10.2 Å². The summed E-state index contributed by atoms with van der Waals surface area (Å²) in [7, 11) is 0. The lowest BCUT2D eigenvalue weighted by molar-refractivity contribution is -0.117. The van der Waals surface area contributed by atoms with Crippen LogP contribution in [0.4, 0.5) is 28.6 Å². The van der Waals surface area contributed by atoms with Crippen LogP contribution >= 0.6 is 0 Å². The van der Waals surface area contributed by atoms with E-state index in [4.69, 9.17) is 6.57 Å². The zero-order valence-electron chi connectivity index (χ0n) is 19.5. The lowest BCUT2D eigenvalue weighted by Gasteiger charge is -2.34. The Kier molecular flexibility index (Phi) is 5.99. The molecule has 2 heterocycles. The largest absolute Gasteiger partial charge is 0.505 e. The van der Waals surface area contributed by atoms with Gasteiger partial charge in [-0.3, -0.25) is 9.59 Å². The Morgan fingerprint density at radius 1 is 1.28 bits per heavy atom. The first-order valence-corrected chi connectivity index (χ1v) is 10.7. The van der Waals surface area contributed by atoms with Crippen molar-refractivity contribution in [3.05, 3.63) is 59.1 Å². The summed E-state index contributed by atoms with van der Waals surface area (Å²) < 4.78 is 1.27. The first-order valence-electron chi connectivity index (χ1n) is 10.7. The van der Waals surface area contributed by atoms with E-state index in [1.54, 1.807) is 19.9 Å². The smallest absolute Gasteiger partial charge is 0.335 e. The summed E-state index contributed by atoms with van der Waals surface area (Å²) in [4.78, 5) is 38.9. The van der Waals surface area contributed by atoms with E-state index in [1.807, 2.05) is 0 Å². The molecule has 1 aliphatic heterocycles. The molecule has 12 nitrogen and oxygen atoms in total. The number of anilines is 2. The molecule has 4 rings (SSSR count). The third-order valence-electron chi connectivity index (χ3n) is 5.57. The van der Waals surface area contributed by atoms with Crippen LogP contribution in [0.25, 0.3) is 10.5 Å². The summed E-state index contributed by atoms with van der Waals surface area (Å²) in [5.74, 6) is -2.00. The molecule has 182 valence electrons. The average Bonchev–Trinajstić information content (AvgIpc) is 3.21. The molecule has 3 aromatic rings. The number of aromatic nitrogens is 2. The van der Waals surface area contributed by atoms with Crippen LogP contribution in [-0.4, -0.2) is 37.8 Å². The molecule has 1 aliphatic rings. The van der Waals surface area contributed by atoms with Gasteiger partial charge in [-0.05, 0) is 24.3 Å². The molecule has 0 saturated heterocycles. The zero-order valence-corrected chi connectivity index (χ0v) is 19.5. The second kappa shape index (κ2) is 8.95. The molecule has 12 heteroatoms. The first-order chi connectivity index (χ1) is 17.0. The van der Waals surface area contributed by atoms with Gasteiger partial charge in [0.1, 0.15) is 11.4 Å². The van der Waals surface area contributed by atoms with Gasteiger partial charge >= 0.3 is 5.97 Å². The van der Waals surface area contributed by atoms with Crippen LogP contribution in [0.5, 0.6) is 5.75 Å². The fourth-order valence-electron chi connectivity index (χ4n) is 4.05. The van der Waals surface area contributed by atoms with Crippen molar-refractivity contribution in [1.82, 2.24) is 9.78 Å². The second-order valence-corrected chi connectivity index (χ2v) is 8.76. The number of hydrogen-bond donors (Lipinski definition) is 4. The predicted octanol–water partition coefficient (Wildman–Crippen LogP) is 4.82. The monoisotopic (exact) mass is 487 g/mol. The number of carboxylic acids is 1. The van der Waals surface area contributed by atoms with Gasteiger partial charge in [-0.15, -0.1) is 10.2 Å². The molecule has 4 N–H and O–H groups in total. The van der Waals surface area contributed by atoms with E-state index in [0.717, 1.165) is 0 Å². The van der Waals surface area contributed by atoms with Crippen LogP contribution in [-0.2, 0) is 15.0 Å². The number of benzene rings is 2. The molecule has 36 heavy (non-hydrogen) atoms. The minimum atomic E-state index is -1.13.